The van der Waals surface area contributed by atoms with Gasteiger partial charge in [-0.25, -0.2) is 0 Å². The molecule has 2 rings (SSSR count). The zero-order valence-corrected chi connectivity index (χ0v) is 15.6. The number of amides is 1. The summed E-state index contributed by atoms with van der Waals surface area (Å²) >= 11 is 0. The molecule has 0 aliphatic heterocycles. The van der Waals surface area contributed by atoms with Crippen LogP contribution in [0.5, 0.6) is 0 Å². The third-order valence-electron chi connectivity index (χ3n) is 4.74. The quantitative estimate of drug-likeness (QED) is 0.804. The van der Waals surface area contributed by atoms with Crippen molar-refractivity contribution in [3.05, 3.63) is 34.4 Å². The third-order valence-corrected chi connectivity index (χ3v) is 4.74. The topological polar surface area (TPSA) is 72.5 Å². The molecule has 0 radical (unpaired) electrons. The normalized spacial score (nSPS) is 21.5. The van der Waals surface area contributed by atoms with Gasteiger partial charge in [-0.3, -0.25) is 14.4 Å². The van der Waals surface area contributed by atoms with Gasteiger partial charge in [0, 0.05) is 31.9 Å². The fraction of sp³-hybridized carbons (Fsp3) is 0.550. The second-order valence-corrected chi connectivity index (χ2v) is 7.14. The van der Waals surface area contributed by atoms with Crippen molar-refractivity contribution < 1.29 is 19.1 Å². The fourth-order valence-corrected chi connectivity index (χ4v) is 3.83. The number of benzene rings is 1. The molecule has 1 aromatic carbocycles. The number of hydrogen-bond acceptors (Lipinski definition) is 4. The van der Waals surface area contributed by atoms with Crippen LogP contribution in [-0.4, -0.2) is 37.2 Å². The number of hydrogen-bond donors (Lipinski definition) is 1. The summed E-state index contributed by atoms with van der Waals surface area (Å²) in [5, 5.41) is 2.80. The maximum absolute atomic E-state index is 12.8. The molecule has 1 aliphatic rings. The predicted molar refractivity (Wildman–Crippen MR) is 95.6 cm³/mol. The first-order valence-corrected chi connectivity index (χ1v) is 8.67. The van der Waals surface area contributed by atoms with Gasteiger partial charge >= 0.3 is 0 Å². The van der Waals surface area contributed by atoms with Crippen LogP contribution in [0.1, 0.15) is 47.9 Å². The van der Waals surface area contributed by atoms with Gasteiger partial charge in [-0.05, 0) is 44.4 Å². The maximum atomic E-state index is 12.8. The van der Waals surface area contributed by atoms with Crippen LogP contribution in [0.15, 0.2) is 12.1 Å². The lowest BCUT2D eigenvalue weighted by Crippen LogP contribution is -2.37. The van der Waals surface area contributed by atoms with Crippen LogP contribution in [-0.2, 0) is 19.1 Å². The van der Waals surface area contributed by atoms with E-state index in [-0.39, 0.29) is 36.4 Å². The molecule has 5 heteroatoms. The van der Waals surface area contributed by atoms with Crippen LogP contribution in [0.4, 0.5) is 0 Å². The number of aryl methyl sites for hydroxylation is 3. The molecule has 0 spiro atoms. The second kappa shape index (κ2) is 7.91. The van der Waals surface area contributed by atoms with Gasteiger partial charge in [0.15, 0.2) is 5.78 Å². The molecule has 5 nitrogen and oxygen atoms in total. The van der Waals surface area contributed by atoms with Crippen molar-refractivity contribution in [3.63, 3.8) is 0 Å². The lowest BCUT2D eigenvalue weighted by molar-refractivity contribution is -0.129. The van der Waals surface area contributed by atoms with Crippen LogP contribution < -0.4 is 5.32 Å². The summed E-state index contributed by atoms with van der Waals surface area (Å²) in [6, 6.07) is 3.87. The molecule has 0 bridgehead atoms. The molecule has 1 aromatic rings. The zero-order valence-electron chi connectivity index (χ0n) is 15.6. The smallest absolute Gasteiger partial charge is 0.221 e. The Labute approximate surface area is 149 Å². The summed E-state index contributed by atoms with van der Waals surface area (Å²) in [6.07, 6.45) is 0.196. The Balaban J connectivity index is 2.14. The van der Waals surface area contributed by atoms with Gasteiger partial charge < -0.3 is 10.1 Å². The Hall–Kier alpha value is -2.01. The molecule has 25 heavy (non-hydrogen) atoms. The van der Waals surface area contributed by atoms with E-state index < -0.39 is 11.8 Å². The minimum Gasteiger partial charge on any atom is -0.383 e. The van der Waals surface area contributed by atoms with Gasteiger partial charge in [-0.15, -0.1) is 0 Å². The molecule has 0 aromatic heterocycles. The molecule has 0 saturated heterocycles. The molecule has 1 amide bonds. The van der Waals surface area contributed by atoms with Crippen LogP contribution in [0.3, 0.4) is 0 Å². The summed E-state index contributed by atoms with van der Waals surface area (Å²) in [5.41, 5.74) is 3.85. The summed E-state index contributed by atoms with van der Waals surface area (Å²) in [7, 11) is 1.57. The van der Waals surface area contributed by atoms with Crippen LogP contribution >= 0.6 is 0 Å². The monoisotopic (exact) mass is 345 g/mol. The number of nitrogens with one attached hydrogen (secondary N) is 1. The van der Waals surface area contributed by atoms with Crippen molar-refractivity contribution in [2.24, 2.45) is 5.92 Å². The Morgan fingerprint density at radius 1 is 1.24 bits per heavy atom. The highest BCUT2D eigenvalue weighted by Gasteiger charge is 2.43. The first kappa shape index (κ1) is 19.3. The van der Waals surface area contributed by atoms with Gasteiger partial charge in [-0.1, -0.05) is 17.7 Å². The molecule has 136 valence electrons. The number of carbonyl (C=O) groups is 3. The fourth-order valence-electron chi connectivity index (χ4n) is 3.83. The van der Waals surface area contributed by atoms with E-state index in [4.69, 9.17) is 4.74 Å². The maximum Gasteiger partial charge on any atom is 0.221 e. The standard InChI is InChI=1S/C20H27NO4/c1-11-6-12(2)18(13(3)7-11)19-16(22)8-15(20(19)24)9-17(23)21-14(4)10-25-5/h6-7,14-15,19H,8-10H2,1-5H3,(H,21,23). The SMILES string of the molecule is COCC(C)NC(=O)CC1CC(=O)C(c2c(C)cc(C)cc2C)C1=O. The summed E-state index contributed by atoms with van der Waals surface area (Å²) in [6.45, 7) is 8.11. The average Bonchev–Trinajstić information content (AvgIpc) is 2.74. The largest absolute Gasteiger partial charge is 0.383 e. The summed E-state index contributed by atoms with van der Waals surface area (Å²) in [4.78, 5) is 37.5. The molecule has 1 fully saturated rings. The number of Topliss-reactive ketones (excluding diaryl/α,β-unsaturated/α-hetero) is 2. The van der Waals surface area contributed by atoms with E-state index in [1.807, 2.05) is 39.8 Å². The third kappa shape index (κ3) is 4.34. The minimum atomic E-state index is -0.727. The Morgan fingerprint density at radius 2 is 1.84 bits per heavy atom. The van der Waals surface area contributed by atoms with Gasteiger partial charge in [0.2, 0.25) is 5.91 Å². The number of ether oxygens (including phenoxy) is 1. The van der Waals surface area contributed by atoms with Crippen molar-refractivity contribution in [1.82, 2.24) is 5.32 Å². The predicted octanol–water partition coefficient (Wildman–Crippen LogP) is 2.39. The lowest BCUT2D eigenvalue weighted by Gasteiger charge is -2.17. The first-order valence-electron chi connectivity index (χ1n) is 8.67. The zero-order chi connectivity index (χ0) is 18.7. The van der Waals surface area contributed by atoms with Gasteiger partial charge in [-0.2, -0.15) is 0 Å². The van der Waals surface area contributed by atoms with E-state index in [1.165, 1.54) is 0 Å². The molecular weight excluding hydrogens is 318 g/mol. The lowest BCUT2D eigenvalue weighted by atomic mass is 9.86. The molecule has 3 unspecified atom stereocenters. The minimum absolute atomic E-state index is 0.0546. The second-order valence-electron chi connectivity index (χ2n) is 7.14. The van der Waals surface area contributed by atoms with E-state index in [2.05, 4.69) is 5.32 Å². The van der Waals surface area contributed by atoms with E-state index >= 15 is 0 Å². The molecular formula is C20H27NO4. The molecule has 3 atom stereocenters. The van der Waals surface area contributed by atoms with Gasteiger partial charge in [0.05, 0.1) is 6.61 Å². The number of ketones is 2. The van der Waals surface area contributed by atoms with Crippen LogP contribution in [0.2, 0.25) is 0 Å². The highest BCUT2D eigenvalue weighted by molar-refractivity contribution is 6.15. The molecule has 1 aliphatic carbocycles. The van der Waals surface area contributed by atoms with Crippen molar-refractivity contribution in [1.29, 1.82) is 0 Å². The highest BCUT2D eigenvalue weighted by atomic mass is 16.5. The van der Waals surface area contributed by atoms with Gasteiger partial charge in [0.1, 0.15) is 11.7 Å². The highest BCUT2D eigenvalue weighted by Crippen LogP contribution is 2.37. The molecule has 0 heterocycles. The van der Waals surface area contributed by atoms with Crippen molar-refractivity contribution in [2.75, 3.05) is 13.7 Å². The van der Waals surface area contributed by atoms with E-state index in [0.29, 0.717) is 6.61 Å². The van der Waals surface area contributed by atoms with Crippen LogP contribution in [0.25, 0.3) is 0 Å². The summed E-state index contributed by atoms with van der Waals surface area (Å²) in [5.74, 6) is -1.69. The van der Waals surface area contributed by atoms with E-state index in [0.717, 1.165) is 22.3 Å². The van der Waals surface area contributed by atoms with E-state index in [9.17, 15) is 14.4 Å². The van der Waals surface area contributed by atoms with Crippen molar-refractivity contribution in [2.45, 2.75) is 52.5 Å². The van der Waals surface area contributed by atoms with E-state index in [1.54, 1.807) is 7.11 Å². The number of carbonyl (C=O) groups excluding carboxylic acids is 3. The first-order chi connectivity index (χ1) is 11.7. The molecule has 1 N–H and O–H groups in total. The Morgan fingerprint density at radius 3 is 2.40 bits per heavy atom. The molecule has 1 saturated carbocycles. The van der Waals surface area contributed by atoms with Gasteiger partial charge in [0.25, 0.3) is 0 Å². The number of methoxy groups -OCH3 is 1. The number of rotatable bonds is 6. The Kier molecular flexibility index (Phi) is 6.11. The van der Waals surface area contributed by atoms with Crippen molar-refractivity contribution >= 4 is 17.5 Å². The summed E-state index contributed by atoms with van der Waals surface area (Å²) < 4.78 is 4.99. The average molecular weight is 345 g/mol. The van der Waals surface area contributed by atoms with Crippen molar-refractivity contribution in [3.8, 4) is 0 Å². The van der Waals surface area contributed by atoms with Crippen LogP contribution in [0, 0.1) is 26.7 Å². The Bertz CT molecular complexity index is 672.